The lowest BCUT2D eigenvalue weighted by Gasteiger charge is -2.48. The number of ether oxygens (including phenoxy) is 1. The molecule has 0 amide bonds. The highest BCUT2D eigenvalue weighted by Gasteiger charge is 2.71. The monoisotopic (exact) mass is 492 g/mol. The Morgan fingerprint density at radius 2 is 1.67 bits per heavy atom. The van der Waals surface area contributed by atoms with E-state index in [1.165, 1.54) is 0 Å². The van der Waals surface area contributed by atoms with Crippen LogP contribution in [0.1, 0.15) is 73.8 Å². The number of aliphatic carboxylic acids is 1. The molecule has 6 heteroatoms. The summed E-state index contributed by atoms with van der Waals surface area (Å²) in [6.45, 7) is 10.4. The third-order valence-corrected chi connectivity index (χ3v) is 10.3. The average Bonchev–Trinajstić information content (AvgIpc) is 3.47. The molecule has 192 valence electrons. The van der Waals surface area contributed by atoms with Crippen molar-refractivity contribution in [2.24, 2.45) is 16.2 Å². The number of rotatable bonds is 4. The van der Waals surface area contributed by atoms with Gasteiger partial charge in [0.05, 0.1) is 5.41 Å². The van der Waals surface area contributed by atoms with Crippen molar-refractivity contribution in [3.8, 4) is 5.75 Å². The summed E-state index contributed by atoms with van der Waals surface area (Å²) in [6, 6.07) is 0. The van der Waals surface area contributed by atoms with E-state index in [4.69, 9.17) is 4.74 Å². The fraction of sp³-hybridized carbons (Fsp3) is 0.600. The summed E-state index contributed by atoms with van der Waals surface area (Å²) in [5, 5.41) is 29.9. The Morgan fingerprint density at radius 3 is 2.28 bits per heavy atom. The summed E-state index contributed by atoms with van der Waals surface area (Å²) in [6.07, 6.45) is 5.38. The second-order valence-corrected chi connectivity index (χ2v) is 12.7. The van der Waals surface area contributed by atoms with E-state index in [9.17, 15) is 24.9 Å². The number of fused-ring (bicyclic) bond motifs is 4. The number of carboxylic acids is 1. The van der Waals surface area contributed by atoms with Gasteiger partial charge in [-0.05, 0) is 116 Å². The van der Waals surface area contributed by atoms with Gasteiger partial charge in [-0.2, -0.15) is 0 Å². The fourth-order valence-corrected chi connectivity index (χ4v) is 7.94. The zero-order valence-electron chi connectivity index (χ0n) is 21.6. The fourth-order valence-electron chi connectivity index (χ4n) is 7.94. The van der Waals surface area contributed by atoms with E-state index in [0.717, 1.165) is 57.4 Å². The molecule has 1 aromatic rings. The van der Waals surface area contributed by atoms with Gasteiger partial charge in [-0.15, -0.1) is 0 Å². The maximum Gasteiger partial charge on any atom is 0.310 e. The predicted octanol–water partition coefficient (Wildman–Crippen LogP) is 3.79. The van der Waals surface area contributed by atoms with Crippen molar-refractivity contribution in [2.75, 3.05) is 13.2 Å². The van der Waals surface area contributed by atoms with Crippen LogP contribution in [0.25, 0.3) is 0 Å². The van der Waals surface area contributed by atoms with Crippen molar-refractivity contribution in [3.05, 3.63) is 51.1 Å². The van der Waals surface area contributed by atoms with Gasteiger partial charge >= 0.3 is 5.97 Å². The minimum atomic E-state index is -1.03. The Balaban J connectivity index is 1.51. The van der Waals surface area contributed by atoms with Gasteiger partial charge in [0.15, 0.2) is 5.60 Å². The first-order valence-corrected chi connectivity index (χ1v) is 13.2. The number of carbonyl (C=O) groups excluding carboxylic acids is 1. The van der Waals surface area contributed by atoms with Crippen LogP contribution in [0, 0.1) is 23.2 Å². The van der Waals surface area contributed by atoms with E-state index in [1.807, 2.05) is 13.8 Å². The van der Waals surface area contributed by atoms with Gasteiger partial charge in [-0.1, -0.05) is 13.5 Å². The van der Waals surface area contributed by atoms with E-state index < -0.39 is 22.4 Å². The molecule has 1 heterocycles. The average molecular weight is 493 g/mol. The number of carboxylic acid groups (broad SMARTS) is 1. The molecule has 1 fully saturated rings. The van der Waals surface area contributed by atoms with Crippen LogP contribution in [0.15, 0.2) is 23.3 Å². The Kier molecular flexibility index (Phi) is 4.87. The summed E-state index contributed by atoms with van der Waals surface area (Å²) in [5.41, 5.74) is 5.13. The van der Waals surface area contributed by atoms with Crippen LogP contribution >= 0.6 is 0 Å². The lowest BCUT2D eigenvalue weighted by Crippen LogP contribution is -2.58. The molecular weight excluding hydrogens is 456 g/mol. The zero-order valence-corrected chi connectivity index (χ0v) is 21.6. The number of hydrogen-bond donors (Lipinski definition) is 3. The molecule has 3 atom stereocenters. The molecular formula is C30H36O6. The van der Waals surface area contributed by atoms with Crippen LogP contribution in [0.4, 0.5) is 0 Å². The van der Waals surface area contributed by atoms with Gasteiger partial charge in [0.1, 0.15) is 5.75 Å². The second kappa shape index (κ2) is 7.32. The lowest BCUT2D eigenvalue weighted by atomic mass is 9.63. The van der Waals surface area contributed by atoms with Crippen LogP contribution in [-0.4, -0.2) is 45.9 Å². The number of allylic oxidation sites excluding steroid dienone is 1. The van der Waals surface area contributed by atoms with Crippen molar-refractivity contribution < 1.29 is 29.6 Å². The van der Waals surface area contributed by atoms with Crippen molar-refractivity contribution in [1.82, 2.24) is 0 Å². The molecule has 0 bridgehead atoms. The minimum Gasteiger partial charge on any atom is -0.481 e. The van der Waals surface area contributed by atoms with E-state index in [2.05, 4.69) is 6.58 Å². The topological polar surface area (TPSA) is 104 Å². The van der Waals surface area contributed by atoms with Crippen molar-refractivity contribution in [1.29, 1.82) is 0 Å². The van der Waals surface area contributed by atoms with Crippen LogP contribution in [0.3, 0.4) is 0 Å². The smallest absolute Gasteiger partial charge is 0.310 e. The summed E-state index contributed by atoms with van der Waals surface area (Å²) >= 11 is 0. The van der Waals surface area contributed by atoms with Crippen LogP contribution in [0.5, 0.6) is 5.75 Å². The quantitative estimate of drug-likeness (QED) is 0.591. The SMILES string of the molecule is C=C1C2=C(C[C@](C)(CO)C2)C(=O)[C@@]2(CCc3c(CCO)c(C)c4c(c3O2)C[C@](C)(C(=O)O)C4)C12CC2. The number of aliphatic hydroxyl groups excluding tert-OH is 2. The summed E-state index contributed by atoms with van der Waals surface area (Å²) in [4.78, 5) is 26.6. The van der Waals surface area contributed by atoms with E-state index >= 15 is 0 Å². The van der Waals surface area contributed by atoms with Gasteiger partial charge in [-0.3, -0.25) is 9.59 Å². The first-order valence-electron chi connectivity index (χ1n) is 13.2. The van der Waals surface area contributed by atoms with Gasteiger partial charge in [0, 0.05) is 24.2 Å². The number of aliphatic hydroxyl groups is 2. The van der Waals surface area contributed by atoms with Crippen molar-refractivity contribution >= 4 is 11.8 Å². The third kappa shape index (κ3) is 2.80. The lowest BCUT2D eigenvalue weighted by molar-refractivity contribution is -0.147. The van der Waals surface area contributed by atoms with Gasteiger partial charge in [0.2, 0.25) is 5.78 Å². The van der Waals surface area contributed by atoms with Crippen LogP contribution < -0.4 is 4.74 Å². The maximum absolute atomic E-state index is 14.4. The molecule has 0 radical (unpaired) electrons. The number of hydrogen-bond acceptors (Lipinski definition) is 5. The number of carbonyl (C=O) groups is 2. The molecule has 0 aromatic heterocycles. The zero-order chi connectivity index (χ0) is 25.8. The number of ketones is 1. The van der Waals surface area contributed by atoms with Crippen LogP contribution in [0.2, 0.25) is 0 Å². The molecule has 1 aromatic carbocycles. The highest BCUT2D eigenvalue weighted by Crippen LogP contribution is 2.70. The van der Waals surface area contributed by atoms with E-state index in [1.54, 1.807) is 6.92 Å². The van der Waals surface area contributed by atoms with Crippen molar-refractivity contribution in [2.45, 2.75) is 84.2 Å². The molecule has 5 aliphatic rings. The normalized spacial score (nSPS) is 33.6. The summed E-state index contributed by atoms with van der Waals surface area (Å²) < 4.78 is 7.01. The molecule has 3 N–H and O–H groups in total. The largest absolute Gasteiger partial charge is 0.481 e. The summed E-state index contributed by atoms with van der Waals surface area (Å²) in [7, 11) is 0. The molecule has 0 unspecified atom stereocenters. The highest BCUT2D eigenvalue weighted by atomic mass is 16.5. The molecule has 36 heavy (non-hydrogen) atoms. The highest BCUT2D eigenvalue weighted by molar-refractivity contribution is 6.07. The molecule has 1 aliphatic heterocycles. The maximum atomic E-state index is 14.4. The van der Waals surface area contributed by atoms with E-state index in [0.29, 0.717) is 50.7 Å². The van der Waals surface area contributed by atoms with Gasteiger partial charge in [-0.25, -0.2) is 0 Å². The van der Waals surface area contributed by atoms with Gasteiger partial charge in [0.25, 0.3) is 0 Å². The Hall–Kier alpha value is -2.44. The summed E-state index contributed by atoms with van der Waals surface area (Å²) in [5.74, 6) is -0.0946. The Labute approximate surface area is 212 Å². The first kappa shape index (κ1) is 23.9. The Morgan fingerprint density at radius 1 is 1.00 bits per heavy atom. The number of benzene rings is 1. The minimum absolute atomic E-state index is 0.00305. The van der Waals surface area contributed by atoms with Gasteiger partial charge < -0.3 is 20.1 Å². The van der Waals surface area contributed by atoms with Crippen LogP contribution in [-0.2, 0) is 35.3 Å². The number of Topliss-reactive ketones (excluding diaryl/α,β-unsaturated/α-hetero) is 1. The molecule has 0 saturated heterocycles. The predicted molar refractivity (Wildman–Crippen MR) is 134 cm³/mol. The van der Waals surface area contributed by atoms with E-state index in [-0.39, 0.29) is 24.4 Å². The third-order valence-electron chi connectivity index (χ3n) is 10.3. The molecule has 2 spiro atoms. The second-order valence-electron chi connectivity index (χ2n) is 12.7. The molecule has 6 nitrogen and oxygen atoms in total. The van der Waals surface area contributed by atoms with Crippen molar-refractivity contribution in [3.63, 3.8) is 0 Å². The molecule has 1 saturated carbocycles. The Bertz CT molecular complexity index is 1280. The molecule has 4 aliphatic carbocycles. The standard InChI is InChI=1S/C30H36O6/c1-16-18(6-10-31)19-5-7-30(36-24(19)22-14-28(4,26(34)35)13-20(16)22)25(33)23-12-27(3,15-32)11-21(23)17(2)29(30)8-9-29/h31-32H,2,5-15H2,1,3-4H3,(H,34,35)/t27-,28-,30+/m1/s1. The first-order chi connectivity index (χ1) is 17.0. The molecule has 6 rings (SSSR count).